The number of nitrogens with two attached hydrogens (primary N) is 1. The van der Waals surface area contributed by atoms with Gasteiger partial charge in [0, 0.05) is 18.7 Å². The van der Waals surface area contributed by atoms with E-state index in [0.29, 0.717) is 0 Å². The SMILES string of the molecule is CCN(c1ccc([N+](=O)[O-])cc1C(N)=O)C(C)(C)C(=O)O. The molecule has 0 unspecified atom stereocenters. The Morgan fingerprint density at radius 1 is 1.43 bits per heavy atom. The molecule has 114 valence electrons. The molecule has 1 aromatic rings. The second kappa shape index (κ2) is 5.78. The molecule has 21 heavy (non-hydrogen) atoms. The van der Waals surface area contributed by atoms with Crippen LogP contribution in [0.4, 0.5) is 11.4 Å². The Morgan fingerprint density at radius 3 is 2.38 bits per heavy atom. The van der Waals surface area contributed by atoms with Gasteiger partial charge in [-0.2, -0.15) is 0 Å². The fourth-order valence-electron chi connectivity index (χ4n) is 2.05. The lowest BCUT2D eigenvalue weighted by Gasteiger charge is -2.37. The standard InChI is InChI=1S/C13H17N3O5/c1-4-15(13(2,3)12(18)19)10-6-5-8(16(20)21)7-9(10)11(14)17/h5-7H,4H2,1-3H3,(H2,14,17)(H,18,19). The van der Waals surface area contributed by atoms with E-state index in [2.05, 4.69) is 0 Å². The van der Waals surface area contributed by atoms with Crippen molar-refractivity contribution < 1.29 is 19.6 Å². The second-order valence-electron chi connectivity index (χ2n) is 4.93. The molecule has 1 amide bonds. The first-order valence-corrected chi connectivity index (χ1v) is 6.22. The second-order valence-corrected chi connectivity index (χ2v) is 4.93. The lowest BCUT2D eigenvalue weighted by molar-refractivity contribution is -0.384. The van der Waals surface area contributed by atoms with Gasteiger partial charge in [0.05, 0.1) is 16.2 Å². The first-order chi connectivity index (χ1) is 9.62. The van der Waals surface area contributed by atoms with E-state index < -0.39 is 22.3 Å². The molecule has 0 aliphatic carbocycles. The van der Waals surface area contributed by atoms with Crippen molar-refractivity contribution in [1.29, 1.82) is 0 Å². The van der Waals surface area contributed by atoms with Crippen molar-refractivity contribution in [3.8, 4) is 0 Å². The topological polar surface area (TPSA) is 127 Å². The average Bonchev–Trinajstić information content (AvgIpc) is 2.38. The van der Waals surface area contributed by atoms with Crippen LogP contribution in [0.3, 0.4) is 0 Å². The lowest BCUT2D eigenvalue weighted by Crippen LogP contribution is -2.51. The molecular weight excluding hydrogens is 278 g/mol. The van der Waals surface area contributed by atoms with Crippen LogP contribution in [-0.4, -0.2) is 34.0 Å². The van der Waals surface area contributed by atoms with Crippen LogP contribution in [0.25, 0.3) is 0 Å². The van der Waals surface area contributed by atoms with Gasteiger partial charge in [-0.3, -0.25) is 14.9 Å². The number of nitrogens with zero attached hydrogens (tertiary/aromatic N) is 2. The van der Waals surface area contributed by atoms with Gasteiger partial charge in [0.15, 0.2) is 0 Å². The van der Waals surface area contributed by atoms with Crippen LogP contribution < -0.4 is 10.6 Å². The average molecular weight is 295 g/mol. The van der Waals surface area contributed by atoms with E-state index in [0.717, 1.165) is 6.07 Å². The van der Waals surface area contributed by atoms with Crippen molar-refractivity contribution >= 4 is 23.3 Å². The maximum absolute atomic E-state index is 11.5. The number of hydrogen-bond acceptors (Lipinski definition) is 5. The van der Waals surface area contributed by atoms with Gasteiger partial charge in [-0.15, -0.1) is 0 Å². The Balaban J connectivity index is 3.50. The molecule has 0 heterocycles. The van der Waals surface area contributed by atoms with E-state index in [4.69, 9.17) is 5.73 Å². The number of benzene rings is 1. The maximum atomic E-state index is 11.5. The van der Waals surface area contributed by atoms with Gasteiger partial charge >= 0.3 is 5.97 Å². The zero-order valence-corrected chi connectivity index (χ0v) is 12.0. The van der Waals surface area contributed by atoms with Gasteiger partial charge < -0.3 is 15.7 Å². The highest BCUT2D eigenvalue weighted by Crippen LogP contribution is 2.30. The molecule has 8 heteroatoms. The van der Waals surface area contributed by atoms with Gasteiger partial charge in [-0.1, -0.05) is 0 Å². The number of carboxylic acids is 1. The third-order valence-electron chi connectivity index (χ3n) is 3.26. The smallest absolute Gasteiger partial charge is 0.328 e. The number of carbonyl (C=O) groups is 2. The molecule has 0 atom stereocenters. The monoisotopic (exact) mass is 295 g/mol. The minimum absolute atomic E-state index is 0.0830. The summed E-state index contributed by atoms with van der Waals surface area (Å²) in [5, 5.41) is 20.1. The van der Waals surface area contributed by atoms with E-state index in [1.54, 1.807) is 6.92 Å². The third kappa shape index (κ3) is 3.10. The molecule has 0 aromatic heterocycles. The van der Waals surface area contributed by atoms with Crippen molar-refractivity contribution in [2.24, 2.45) is 5.73 Å². The summed E-state index contributed by atoms with van der Waals surface area (Å²) in [4.78, 5) is 34.5. The van der Waals surface area contributed by atoms with E-state index in [1.807, 2.05) is 0 Å². The van der Waals surface area contributed by atoms with Crippen molar-refractivity contribution in [2.45, 2.75) is 26.3 Å². The van der Waals surface area contributed by atoms with E-state index in [9.17, 15) is 24.8 Å². The first-order valence-electron chi connectivity index (χ1n) is 6.22. The highest BCUT2D eigenvalue weighted by molar-refractivity contribution is 6.00. The molecule has 0 aliphatic rings. The summed E-state index contributed by atoms with van der Waals surface area (Å²) in [5.41, 5.74) is 3.85. The van der Waals surface area contributed by atoms with Crippen molar-refractivity contribution in [3.05, 3.63) is 33.9 Å². The number of amides is 1. The largest absolute Gasteiger partial charge is 0.480 e. The fourth-order valence-corrected chi connectivity index (χ4v) is 2.05. The molecule has 0 bridgehead atoms. The van der Waals surface area contributed by atoms with Crippen LogP contribution in [-0.2, 0) is 4.79 Å². The van der Waals surface area contributed by atoms with Crippen LogP contribution in [0.5, 0.6) is 0 Å². The highest BCUT2D eigenvalue weighted by atomic mass is 16.6. The summed E-state index contributed by atoms with van der Waals surface area (Å²) in [6.07, 6.45) is 0. The molecule has 0 spiro atoms. The summed E-state index contributed by atoms with van der Waals surface area (Å²) in [6.45, 7) is 4.96. The zero-order valence-electron chi connectivity index (χ0n) is 12.0. The quantitative estimate of drug-likeness (QED) is 0.603. The lowest BCUT2D eigenvalue weighted by atomic mass is 9.99. The number of carboxylic acid groups (broad SMARTS) is 1. The normalized spacial score (nSPS) is 11.0. The van der Waals surface area contributed by atoms with Crippen LogP contribution in [0.15, 0.2) is 18.2 Å². The summed E-state index contributed by atoms with van der Waals surface area (Å²) in [7, 11) is 0. The van der Waals surface area contributed by atoms with Crippen molar-refractivity contribution in [1.82, 2.24) is 0 Å². The predicted molar refractivity (Wildman–Crippen MR) is 76.3 cm³/mol. The minimum atomic E-state index is -1.30. The Labute approximate surface area is 121 Å². The molecule has 0 fully saturated rings. The van der Waals surface area contributed by atoms with Gasteiger partial charge in [0.25, 0.3) is 11.6 Å². The Hall–Kier alpha value is -2.64. The van der Waals surface area contributed by atoms with E-state index in [1.165, 1.54) is 30.9 Å². The third-order valence-corrected chi connectivity index (χ3v) is 3.26. The Morgan fingerprint density at radius 2 is 2.00 bits per heavy atom. The minimum Gasteiger partial charge on any atom is -0.480 e. The Bertz CT molecular complexity index is 597. The molecule has 3 N–H and O–H groups in total. The summed E-state index contributed by atoms with van der Waals surface area (Å²) >= 11 is 0. The summed E-state index contributed by atoms with van der Waals surface area (Å²) < 4.78 is 0. The highest BCUT2D eigenvalue weighted by Gasteiger charge is 2.35. The first kappa shape index (κ1) is 16.4. The predicted octanol–water partition coefficient (Wildman–Crippen LogP) is 1.38. The van der Waals surface area contributed by atoms with Gasteiger partial charge in [-0.05, 0) is 26.8 Å². The zero-order chi connectivity index (χ0) is 16.4. The molecule has 0 saturated carbocycles. The molecule has 0 aliphatic heterocycles. The molecule has 1 rings (SSSR count). The number of nitro groups is 1. The van der Waals surface area contributed by atoms with Gasteiger partial charge in [-0.25, -0.2) is 4.79 Å². The van der Waals surface area contributed by atoms with Crippen LogP contribution in [0.1, 0.15) is 31.1 Å². The van der Waals surface area contributed by atoms with Crippen molar-refractivity contribution in [2.75, 3.05) is 11.4 Å². The number of hydrogen-bond donors (Lipinski definition) is 2. The number of nitro benzene ring substituents is 1. The van der Waals surface area contributed by atoms with Gasteiger partial charge in [0.2, 0.25) is 0 Å². The molecule has 0 radical (unpaired) electrons. The molecular formula is C13H17N3O5. The maximum Gasteiger partial charge on any atom is 0.328 e. The number of aliphatic carboxylic acids is 1. The number of likely N-dealkylation sites (N-methyl/N-ethyl adjacent to an activating group) is 1. The number of carbonyl (C=O) groups excluding carboxylic acids is 1. The molecule has 0 saturated heterocycles. The van der Waals surface area contributed by atoms with E-state index in [-0.39, 0.29) is 23.5 Å². The number of primary amides is 1. The van der Waals surface area contributed by atoms with Crippen LogP contribution in [0.2, 0.25) is 0 Å². The molecule has 1 aromatic carbocycles. The molecule has 8 nitrogen and oxygen atoms in total. The van der Waals surface area contributed by atoms with Gasteiger partial charge in [0.1, 0.15) is 5.54 Å². The number of non-ortho nitro benzene ring substituents is 1. The van der Waals surface area contributed by atoms with Crippen molar-refractivity contribution in [3.63, 3.8) is 0 Å². The fraction of sp³-hybridized carbons (Fsp3) is 0.385. The summed E-state index contributed by atoms with van der Waals surface area (Å²) in [6, 6.07) is 3.60. The van der Waals surface area contributed by atoms with E-state index >= 15 is 0 Å². The van der Waals surface area contributed by atoms with Crippen LogP contribution in [0, 0.1) is 10.1 Å². The summed E-state index contributed by atoms with van der Waals surface area (Å²) in [5.74, 6) is -1.94. The Kier molecular flexibility index (Phi) is 4.52. The van der Waals surface area contributed by atoms with Crippen LogP contribution >= 0.6 is 0 Å². The number of anilines is 1. The number of rotatable bonds is 6.